The summed E-state index contributed by atoms with van der Waals surface area (Å²) < 4.78 is 0. The fourth-order valence-corrected chi connectivity index (χ4v) is 3.98. The van der Waals surface area contributed by atoms with Gasteiger partial charge >= 0.3 is 0 Å². The van der Waals surface area contributed by atoms with Crippen LogP contribution in [0.3, 0.4) is 0 Å². The van der Waals surface area contributed by atoms with Gasteiger partial charge in [-0.1, -0.05) is 54.9 Å². The van der Waals surface area contributed by atoms with Crippen molar-refractivity contribution in [3.8, 4) is 0 Å². The molecule has 0 aromatic heterocycles. The third kappa shape index (κ3) is 7.41. The molecule has 0 saturated heterocycles. The standard InChI is InChI=1S/C23H29ClN2O2S/c1-4-13-25-23(28)18(3)26(14-19-9-11-21(24)12-10-19)22(27)16-29-15-20-8-6-5-7-17(20)2/h5-12,18H,4,13-16H2,1-3H3,(H,25,28)/t18-/m1/s1. The fourth-order valence-electron chi connectivity index (χ4n) is 2.87. The van der Waals surface area contributed by atoms with Gasteiger partial charge in [0.2, 0.25) is 11.8 Å². The normalized spacial score (nSPS) is 11.7. The first-order valence-electron chi connectivity index (χ1n) is 9.86. The van der Waals surface area contributed by atoms with Crippen LogP contribution in [0.2, 0.25) is 5.02 Å². The average Bonchev–Trinajstić information content (AvgIpc) is 2.72. The second kappa shape index (κ2) is 11.9. The van der Waals surface area contributed by atoms with E-state index in [1.807, 2.05) is 31.2 Å². The van der Waals surface area contributed by atoms with Crippen LogP contribution in [0.5, 0.6) is 0 Å². The van der Waals surface area contributed by atoms with Gasteiger partial charge in [-0.3, -0.25) is 9.59 Å². The zero-order valence-electron chi connectivity index (χ0n) is 17.3. The Morgan fingerprint density at radius 1 is 1.14 bits per heavy atom. The number of aryl methyl sites for hydroxylation is 1. The third-order valence-electron chi connectivity index (χ3n) is 4.73. The first-order valence-corrected chi connectivity index (χ1v) is 11.4. The van der Waals surface area contributed by atoms with E-state index in [9.17, 15) is 9.59 Å². The summed E-state index contributed by atoms with van der Waals surface area (Å²) >= 11 is 7.55. The summed E-state index contributed by atoms with van der Waals surface area (Å²) in [6.45, 7) is 6.84. The van der Waals surface area contributed by atoms with Gasteiger partial charge in [0.1, 0.15) is 6.04 Å². The molecule has 0 aliphatic rings. The molecular weight excluding hydrogens is 404 g/mol. The van der Waals surface area contributed by atoms with Crippen molar-refractivity contribution in [2.24, 2.45) is 0 Å². The third-order valence-corrected chi connectivity index (χ3v) is 5.95. The molecule has 1 atom stereocenters. The Morgan fingerprint density at radius 2 is 1.83 bits per heavy atom. The minimum absolute atomic E-state index is 0.0438. The van der Waals surface area contributed by atoms with Gasteiger partial charge in [-0.2, -0.15) is 0 Å². The minimum Gasteiger partial charge on any atom is -0.354 e. The first-order chi connectivity index (χ1) is 13.9. The Balaban J connectivity index is 2.05. The quantitative estimate of drug-likeness (QED) is 0.585. The van der Waals surface area contributed by atoms with Crippen molar-refractivity contribution in [3.63, 3.8) is 0 Å². The summed E-state index contributed by atoms with van der Waals surface area (Å²) in [5, 5.41) is 3.54. The molecule has 0 fully saturated rings. The lowest BCUT2D eigenvalue weighted by Crippen LogP contribution is -2.48. The molecule has 2 rings (SSSR count). The summed E-state index contributed by atoms with van der Waals surface area (Å²) in [5.41, 5.74) is 3.39. The fraction of sp³-hybridized carbons (Fsp3) is 0.391. The predicted molar refractivity (Wildman–Crippen MR) is 122 cm³/mol. The van der Waals surface area contributed by atoms with Gasteiger partial charge in [0.15, 0.2) is 0 Å². The van der Waals surface area contributed by atoms with Gasteiger partial charge in [0.25, 0.3) is 0 Å². The van der Waals surface area contributed by atoms with Crippen LogP contribution >= 0.6 is 23.4 Å². The van der Waals surface area contributed by atoms with Crippen LogP contribution in [0.4, 0.5) is 0 Å². The maximum Gasteiger partial charge on any atom is 0.242 e. The molecule has 0 heterocycles. The molecule has 29 heavy (non-hydrogen) atoms. The minimum atomic E-state index is -0.538. The smallest absolute Gasteiger partial charge is 0.242 e. The molecule has 2 amide bonds. The maximum atomic E-state index is 13.0. The summed E-state index contributed by atoms with van der Waals surface area (Å²) in [7, 11) is 0. The lowest BCUT2D eigenvalue weighted by Gasteiger charge is -2.28. The highest BCUT2D eigenvalue weighted by Crippen LogP contribution is 2.19. The molecule has 156 valence electrons. The van der Waals surface area contributed by atoms with E-state index in [0.29, 0.717) is 23.9 Å². The monoisotopic (exact) mass is 432 g/mol. The molecule has 2 aromatic carbocycles. The summed E-state index contributed by atoms with van der Waals surface area (Å²) in [6, 6.07) is 15.0. The molecule has 6 heteroatoms. The zero-order valence-corrected chi connectivity index (χ0v) is 18.9. The number of carbonyl (C=O) groups is 2. The van der Waals surface area contributed by atoms with Crippen molar-refractivity contribution >= 4 is 35.2 Å². The predicted octanol–water partition coefficient (Wildman–Crippen LogP) is 4.83. The van der Waals surface area contributed by atoms with Crippen LogP contribution in [0.15, 0.2) is 48.5 Å². The van der Waals surface area contributed by atoms with Crippen LogP contribution in [-0.4, -0.2) is 35.1 Å². The molecule has 2 aromatic rings. The van der Waals surface area contributed by atoms with Crippen molar-refractivity contribution in [3.05, 3.63) is 70.2 Å². The van der Waals surface area contributed by atoms with Crippen LogP contribution in [0.25, 0.3) is 0 Å². The van der Waals surface area contributed by atoms with E-state index in [-0.39, 0.29) is 11.8 Å². The first kappa shape index (κ1) is 23.3. The molecule has 0 bridgehead atoms. The Labute approximate surface area is 183 Å². The molecule has 0 aliphatic carbocycles. The van der Waals surface area contributed by atoms with E-state index in [1.54, 1.807) is 35.7 Å². The van der Waals surface area contributed by atoms with Gasteiger partial charge in [0.05, 0.1) is 5.75 Å². The molecule has 0 saturated carbocycles. The van der Waals surface area contributed by atoms with Crippen LogP contribution in [-0.2, 0) is 21.9 Å². The van der Waals surface area contributed by atoms with E-state index < -0.39 is 6.04 Å². The summed E-state index contributed by atoms with van der Waals surface area (Å²) in [5.74, 6) is 0.924. The van der Waals surface area contributed by atoms with Gasteiger partial charge < -0.3 is 10.2 Å². The number of hydrogen-bond acceptors (Lipinski definition) is 3. The largest absolute Gasteiger partial charge is 0.354 e. The second-order valence-electron chi connectivity index (χ2n) is 7.03. The lowest BCUT2D eigenvalue weighted by atomic mass is 10.1. The Bertz CT molecular complexity index is 811. The van der Waals surface area contributed by atoms with Gasteiger partial charge in [-0.15, -0.1) is 11.8 Å². The van der Waals surface area contributed by atoms with Gasteiger partial charge in [0, 0.05) is 23.9 Å². The number of halogens is 1. The number of rotatable bonds is 10. The SMILES string of the molecule is CCCNC(=O)[C@@H](C)N(Cc1ccc(Cl)cc1)C(=O)CSCc1ccccc1C. The highest BCUT2D eigenvalue weighted by molar-refractivity contribution is 7.99. The number of hydrogen-bond donors (Lipinski definition) is 1. The number of nitrogens with one attached hydrogen (secondary N) is 1. The zero-order chi connectivity index (χ0) is 21.2. The molecule has 0 unspecified atom stereocenters. The topological polar surface area (TPSA) is 49.4 Å². The van der Waals surface area contributed by atoms with Crippen LogP contribution in [0.1, 0.15) is 37.0 Å². The van der Waals surface area contributed by atoms with E-state index in [0.717, 1.165) is 17.7 Å². The Hall–Kier alpha value is -1.98. The molecule has 1 N–H and O–H groups in total. The van der Waals surface area contributed by atoms with Crippen molar-refractivity contribution < 1.29 is 9.59 Å². The molecule has 0 spiro atoms. The van der Waals surface area contributed by atoms with Crippen LogP contribution < -0.4 is 5.32 Å². The molecular formula is C23H29ClN2O2S. The summed E-state index contributed by atoms with van der Waals surface area (Å²) in [6.07, 6.45) is 0.857. The summed E-state index contributed by atoms with van der Waals surface area (Å²) in [4.78, 5) is 27.2. The Morgan fingerprint density at radius 3 is 2.48 bits per heavy atom. The lowest BCUT2D eigenvalue weighted by molar-refractivity contribution is -0.138. The Kier molecular flexibility index (Phi) is 9.55. The maximum absolute atomic E-state index is 13.0. The van der Waals surface area contributed by atoms with Crippen molar-refractivity contribution in [1.29, 1.82) is 0 Å². The molecule has 4 nitrogen and oxygen atoms in total. The van der Waals surface area contributed by atoms with E-state index in [1.165, 1.54) is 11.1 Å². The number of nitrogens with zero attached hydrogens (tertiary/aromatic N) is 1. The van der Waals surface area contributed by atoms with Crippen molar-refractivity contribution in [1.82, 2.24) is 10.2 Å². The van der Waals surface area contributed by atoms with Gasteiger partial charge in [-0.25, -0.2) is 0 Å². The molecule has 0 aliphatic heterocycles. The van der Waals surface area contributed by atoms with E-state index in [2.05, 4.69) is 24.4 Å². The number of amides is 2. The van der Waals surface area contributed by atoms with Crippen molar-refractivity contribution in [2.45, 2.75) is 45.5 Å². The van der Waals surface area contributed by atoms with E-state index >= 15 is 0 Å². The average molecular weight is 433 g/mol. The number of carbonyl (C=O) groups excluding carboxylic acids is 2. The number of benzene rings is 2. The van der Waals surface area contributed by atoms with Gasteiger partial charge in [-0.05, 0) is 49.1 Å². The molecule has 0 radical (unpaired) electrons. The van der Waals surface area contributed by atoms with E-state index in [4.69, 9.17) is 11.6 Å². The highest BCUT2D eigenvalue weighted by Gasteiger charge is 2.25. The number of thioether (sulfide) groups is 1. The highest BCUT2D eigenvalue weighted by atomic mass is 35.5. The van der Waals surface area contributed by atoms with Crippen LogP contribution in [0, 0.1) is 6.92 Å². The van der Waals surface area contributed by atoms with Crippen molar-refractivity contribution in [2.75, 3.05) is 12.3 Å². The second-order valence-corrected chi connectivity index (χ2v) is 8.46.